The van der Waals surface area contributed by atoms with Crippen molar-refractivity contribution in [3.63, 3.8) is 0 Å². The summed E-state index contributed by atoms with van der Waals surface area (Å²) in [6, 6.07) is 16.2. The molecule has 0 fully saturated rings. The van der Waals surface area contributed by atoms with Gasteiger partial charge in [0.2, 0.25) is 0 Å². The maximum absolute atomic E-state index is 12.8. The number of carbonyl (C=O) groups excluding carboxylic acids is 1. The van der Waals surface area contributed by atoms with Crippen LogP contribution in [0.15, 0.2) is 70.2 Å². The van der Waals surface area contributed by atoms with Crippen molar-refractivity contribution in [1.29, 1.82) is 0 Å². The molecule has 1 amide bonds. The van der Waals surface area contributed by atoms with Gasteiger partial charge in [0.1, 0.15) is 5.82 Å². The predicted octanol–water partition coefficient (Wildman–Crippen LogP) is 4.01. The molecule has 0 bridgehead atoms. The number of amides is 1. The molecule has 4 rings (SSSR count). The highest BCUT2D eigenvalue weighted by Gasteiger charge is 2.10. The summed E-state index contributed by atoms with van der Waals surface area (Å²) in [4.78, 5) is 29.4. The van der Waals surface area contributed by atoms with Crippen LogP contribution >= 0.6 is 11.3 Å². The summed E-state index contributed by atoms with van der Waals surface area (Å²) in [5.74, 6) is 0.462. The molecule has 2 aromatic carbocycles. The molecule has 0 saturated heterocycles. The second kappa shape index (κ2) is 6.57. The van der Waals surface area contributed by atoms with E-state index in [-0.39, 0.29) is 11.5 Å². The molecule has 5 nitrogen and oxygen atoms in total. The number of fused-ring (bicyclic) bond motifs is 1. The molecule has 0 spiro atoms. The molecule has 2 aromatic heterocycles. The minimum absolute atomic E-state index is 0.108. The highest BCUT2D eigenvalue weighted by molar-refractivity contribution is 7.08. The van der Waals surface area contributed by atoms with Crippen molar-refractivity contribution in [2.75, 3.05) is 5.32 Å². The van der Waals surface area contributed by atoms with Gasteiger partial charge in [0.15, 0.2) is 0 Å². The van der Waals surface area contributed by atoms with Crippen molar-refractivity contribution in [1.82, 2.24) is 9.55 Å². The van der Waals surface area contributed by atoms with Crippen LogP contribution in [0.3, 0.4) is 0 Å². The van der Waals surface area contributed by atoms with Crippen molar-refractivity contribution in [3.8, 4) is 5.69 Å². The third kappa shape index (κ3) is 2.91. The minimum atomic E-state index is -0.153. The van der Waals surface area contributed by atoms with Crippen molar-refractivity contribution >= 4 is 33.8 Å². The van der Waals surface area contributed by atoms with Crippen LogP contribution in [0.4, 0.5) is 5.69 Å². The molecule has 2 heterocycles. The first kappa shape index (κ1) is 16.2. The number of hydrogen-bond acceptors (Lipinski definition) is 4. The first-order valence-electron chi connectivity index (χ1n) is 8.06. The molecule has 6 heteroatoms. The third-order valence-electron chi connectivity index (χ3n) is 4.11. The van der Waals surface area contributed by atoms with Crippen molar-refractivity contribution < 1.29 is 4.79 Å². The number of nitrogens with one attached hydrogen (secondary N) is 1. The Bertz CT molecular complexity index is 1150. The van der Waals surface area contributed by atoms with Gasteiger partial charge in [-0.15, -0.1) is 0 Å². The lowest BCUT2D eigenvalue weighted by atomic mass is 10.2. The predicted molar refractivity (Wildman–Crippen MR) is 104 cm³/mol. The number of hydrogen-bond donors (Lipinski definition) is 1. The number of carbonyl (C=O) groups is 1. The quantitative estimate of drug-likeness (QED) is 0.600. The molecule has 1 N–H and O–H groups in total. The van der Waals surface area contributed by atoms with Gasteiger partial charge in [0.25, 0.3) is 11.5 Å². The van der Waals surface area contributed by atoms with Gasteiger partial charge in [-0.2, -0.15) is 11.3 Å². The first-order valence-corrected chi connectivity index (χ1v) is 9.00. The number of para-hydroxylation sites is 1. The van der Waals surface area contributed by atoms with Crippen molar-refractivity contribution in [2.24, 2.45) is 0 Å². The fourth-order valence-electron chi connectivity index (χ4n) is 2.84. The highest BCUT2D eigenvalue weighted by atomic mass is 32.1. The second-order valence-corrected chi connectivity index (χ2v) is 6.61. The molecule has 128 valence electrons. The largest absolute Gasteiger partial charge is 0.322 e. The van der Waals surface area contributed by atoms with Crippen molar-refractivity contribution in [2.45, 2.75) is 6.92 Å². The molecule has 26 heavy (non-hydrogen) atoms. The minimum Gasteiger partial charge on any atom is -0.322 e. The second-order valence-electron chi connectivity index (χ2n) is 5.83. The fourth-order valence-corrected chi connectivity index (χ4v) is 3.47. The number of nitrogens with zero attached hydrogens (tertiary/aromatic N) is 2. The Hall–Kier alpha value is -3.25. The van der Waals surface area contributed by atoms with Crippen molar-refractivity contribution in [3.05, 3.63) is 87.1 Å². The Morgan fingerprint density at radius 2 is 1.85 bits per heavy atom. The van der Waals surface area contributed by atoms with Crippen LogP contribution in [0.25, 0.3) is 16.6 Å². The van der Waals surface area contributed by atoms with E-state index in [9.17, 15) is 9.59 Å². The zero-order valence-corrected chi connectivity index (χ0v) is 14.8. The zero-order valence-electron chi connectivity index (χ0n) is 14.0. The Labute approximate surface area is 153 Å². The smallest absolute Gasteiger partial charge is 0.265 e. The molecular formula is C20H15N3O2S. The van der Waals surface area contributed by atoms with Crippen LogP contribution in [0, 0.1) is 6.92 Å². The Kier molecular flexibility index (Phi) is 4.10. The Balaban J connectivity index is 1.68. The molecule has 0 aliphatic carbocycles. The number of thiophene rings is 1. The summed E-state index contributed by atoms with van der Waals surface area (Å²) < 4.78 is 1.58. The van der Waals surface area contributed by atoms with Gasteiger partial charge in [0.05, 0.1) is 22.2 Å². The number of rotatable bonds is 3. The Morgan fingerprint density at radius 3 is 2.58 bits per heavy atom. The highest BCUT2D eigenvalue weighted by Crippen LogP contribution is 2.17. The van der Waals surface area contributed by atoms with E-state index in [2.05, 4.69) is 10.3 Å². The number of benzene rings is 2. The van der Waals surface area contributed by atoms with E-state index in [4.69, 9.17) is 0 Å². The van der Waals surface area contributed by atoms with Gasteiger partial charge in [-0.1, -0.05) is 12.1 Å². The van der Waals surface area contributed by atoms with Crippen LogP contribution in [-0.4, -0.2) is 15.5 Å². The van der Waals surface area contributed by atoms with Crippen LogP contribution in [0.2, 0.25) is 0 Å². The number of aryl methyl sites for hydroxylation is 1. The molecular weight excluding hydrogens is 346 g/mol. The maximum atomic E-state index is 12.8. The molecule has 0 aliphatic heterocycles. The van der Waals surface area contributed by atoms with Gasteiger partial charge in [-0.05, 0) is 54.8 Å². The summed E-state index contributed by atoms with van der Waals surface area (Å²) >= 11 is 1.48. The molecule has 0 radical (unpaired) electrons. The average molecular weight is 361 g/mol. The van der Waals surface area contributed by atoms with E-state index in [1.165, 1.54) is 11.3 Å². The number of aromatic nitrogens is 2. The van der Waals surface area contributed by atoms with E-state index >= 15 is 0 Å². The molecule has 0 atom stereocenters. The van der Waals surface area contributed by atoms with Crippen LogP contribution in [-0.2, 0) is 0 Å². The van der Waals surface area contributed by atoms with E-state index in [0.29, 0.717) is 33.7 Å². The van der Waals surface area contributed by atoms with E-state index in [1.54, 1.807) is 53.3 Å². The summed E-state index contributed by atoms with van der Waals surface area (Å²) in [5, 5.41) is 7.08. The van der Waals surface area contributed by atoms with Gasteiger partial charge in [-0.3, -0.25) is 14.2 Å². The van der Waals surface area contributed by atoms with E-state index in [0.717, 1.165) is 0 Å². The monoisotopic (exact) mass is 361 g/mol. The van der Waals surface area contributed by atoms with E-state index in [1.807, 2.05) is 23.6 Å². The summed E-state index contributed by atoms with van der Waals surface area (Å²) in [5.41, 5.74) is 2.59. The summed E-state index contributed by atoms with van der Waals surface area (Å²) in [7, 11) is 0. The molecule has 0 unspecified atom stereocenters. The molecule has 4 aromatic rings. The summed E-state index contributed by atoms with van der Waals surface area (Å²) in [6.45, 7) is 1.81. The molecule has 0 saturated carbocycles. The first-order chi connectivity index (χ1) is 12.6. The Morgan fingerprint density at radius 1 is 1.08 bits per heavy atom. The van der Waals surface area contributed by atoms with Gasteiger partial charge in [-0.25, -0.2) is 4.98 Å². The fraction of sp³-hybridized carbons (Fsp3) is 0.0500. The van der Waals surface area contributed by atoms with Gasteiger partial charge < -0.3 is 5.32 Å². The maximum Gasteiger partial charge on any atom is 0.265 e. The van der Waals surface area contributed by atoms with Gasteiger partial charge >= 0.3 is 0 Å². The van der Waals surface area contributed by atoms with E-state index < -0.39 is 0 Å². The van der Waals surface area contributed by atoms with Crippen LogP contribution < -0.4 is 10.9 Å². The standard InChI is InChI=1S/C20H15N3O2S/c1-13-21-18-5-3-2-4-17(18)20(25)23(13)16-8-6-15(7-9-16)22-19(24)14-10-11-26-12-14/h2-12H,1H3,(H,22,24). The average Bonchev–Trinajstić information content (AvgIpc) is 3.18. The lowest BCUT2D eigenvalue weighted by Gasteiger charge is -2.12. The van der Waals surface area contributed by atoms with Crippen LogP contribution in [0.5, 0.6) is 0 Å². The number of anilines is 1. The molecule has 0 aliphatic rings. The zero-order chi connectivity index (χ0) is 18.1. The lowest BCUT2D eigenvalue weighted by Crippen LogP contribution is -2.22. The van der Waals surface area contributed by atoms with Gasteiger partial charge in [0, 0.05) is 11.1 Å². The lowest BCUT2D eigenvalue weighted by molar-refractivity contribution is 0.102. The topological polar surface area (TPSA) is 64.0 Å². The normalized spacial score (nSPS) is 10.8. The van der Waals surface area contributed by atoms with Crippen LogP contribution in [0.1, 0.15) is 16.2 Å². The third-order valence-corrected chi connectivity index (χ3v) is 4.79. The SMILES string of the molecule is Cc1nc2ccccc2c(=O)n1-c1ccc(NC(=O)c2ccsc2)cc1. The summed E-state index contributed by atoms with van der Waals surface area (Å²) in [6.07, 6.45) is 0.